The van der Waals surface area contributed by atoms with Crippen molar-refractivity contribution in [2.45, 2.75) is 13.5 Å². The van der Waals surface area contributed by atoms with E-state index in [1.807, 2.05) is 31.2 Å². The summed E-state index contributed by atoms with van der Waals surface area (Å²) in [6.45, 7) is 2.22. The molecule has 0 fully saturated rings. The molecule has 0 saturated heterocycles. The maximum atomic E-state index is 12.6. The molecule has 0 bridgehead atoms. The molecule has 1 heterocycles. The minimum absolute atomic E-state index is 0.0335. The molecule has 0 unspecified atom stereocenters. The third kappa shape index (κ3) is 3.87. The van der Waals surface area contributed by atoms with Gasteiger partial charge in [-0.2, -0.15) is 0 Å². The Balaban J connectivity index is 1.49. The summed E-state index contributed by atoms with van der Waals surface area (Å²) in [5.74, 6) is 1.12. The van der Waals surface area contributed by atoms with Crippen LogP contribution in [0.1, 0.15) is 27.0 Å². The molecule has 0 amide bonds. The van der Waals surface area contributed by atoms with Crippen molar-refractivity contribution >= 4 is 17.5 Å². The zero-order chi connectivity index (χ0) is 20.4. The Bertz CT molecular complexity index is 1130. The Kier molecular flexibility index (Phi) is 4.83. The first kappa shape index (κ1) is 18.4. The Morgan fingerprint density at radius 3 is 2.55 bits per heavy atom. The lowest BCUT2D eigenvalue weighted by molar-refractivity contribution is -0.384. The molecule has 144 valence electrons. The molecule has 0 spiro atoms. The number of nitro groups is 1. The van der Waals surface area contributed by atoms with E-state index in [2.05, 4.69) is 0 Å². The third-order valence-electron chi connectivity index (χ3n) is 4.67. The van der Waals surface area contributed by atoms with Crippen molar-refractivity contribution in [3.8, 4) is 11.5 Å². The van der Waals surface area contributed by atoms with Gasteiger partial charge in [-0.25, -0.2) is 0 Å². The fourth-order valence-corrected chi connectivity index (χ4v) is 3.03. The van der Waals surface area contributed by atoms with E-state index in [-0.39, 0.29) is 23.8 Å². The lowest BCUT2D eigenvalue weighted by Crippen LogP contribution is -1.98. The van der Waals surface area contributed by atoms with Crippen LogP contribution in [0.25, 0.3) is 6.08 Å². The lowest BCUT2D eigenvalue weighted by Gasteiger charge is -2.07. The second-order valence-electron chi connectivity index (χ2n) is 6.67. The maximum Gasteiger partial charge on any atom is 0.269 e. The summed E-state index contributed by atoms with van der Waals surface area (Å²) in [5.41, 5.74) is 3.31. The van der Waals surface area contributed by atoms with Crippen molar-refractivity contribution in [2.75, 3.05) is 0 Å². The molecule has 6 nitrogen and oxygen atoms in total. The predicted molar refractivity (Wildman–Crippen MR) is 108 cm³/mol. The average molecular weight is 387 g/mol. The quantitative estimate of drug-likeness (QED) is 0.346. The molecule has 0 atom stereocenters. The fraction of sp³-hybridized carbons (Fsp3) is 0.0870. The molecule has 0 N–H and O–H groups in total. The molecule has 3 aromatic rings. The van der Waals surface area contributed by atoms with Gasteiger partial charge in [-0.05, 0) is 54.0 Å². The van der Waals surface area contributed by atoms with E-state index in [0.717, 1.165) is 16.7 Å². The van der Waals surface area contributed by atoms with Gasteiger partial charge in [-0.3, -0.25) is 14.9 Å². The van der Waals surface area contributed by atoms with Crippen LogP contribution in [0.4, 0.5) is 5.69 Å². The van der Waals surface area contributed by atoms with Crippen LogP contribution in [-0.2, 0) is 6.61 Å². The Labute approximate surface area is 167 Å². The minimum atomic E-state index is -0.443. The van der Waals surface area contributed by atoms with Crippen LogP contribution in [0.3, 0.4) is 0 Å². The molecule has 1 aliphatic heterocycles. The number of ether oxygens (including phenoxy) is 2. The van der Waals surface area contributed by atoms with Crippen molar-refractivity contribution in [3.63, 3.8) is 0 Å². The number of nitrogens with zero attached hydrogens (tertiary/aromatic N) is 1. The number of non-ortho nitro benzene ring substituents is 1. The van der Waals surface area contributed by atoms with E-state index in [0.29, 0.717) is 17.1 Å². The number of nitro benzene ring substituents is 1. The molecule has 3 aromatic carbocycles. The number of aryl methyl sites for hydroxylation is 1. The van der Waals surface area contributed by atoms with Gasteiger partial charge in [0.2, 0.25) is 5.78 Å². The van der Waals surface area contributed by atoms with Gasteiger partial charge in [0.05, 0.1) is 10.5 Å². The van der Waals surface area contributed by atoms with Gasteiger partial charge in [-0.15, -0.1) is 0 Å². The van der Waals surface area contributed by atoms with Crippen molar-refractivity contribution < 1.29 is 19.2 Å². The molecule has 6 heteroatoms. The number of rotatable bonds is 5. The first-order chi connectivity index (χ1) is 14.0. The van der Waals surface area contributed by atoms with Gasteiger partial charge in [0.1, 0.15) is 18.1 Å². The Morgan fingerprint density at radius 2 is 1.83 bits per heavy atom. The largest absolute Gasteiger partial charge is 0.489 e. The number of carbonyl (C=O) groups excluding carboxylic acids is 1. The van der Waals surface area contributed by atoms with Crippen LogP contribution in [-0.4, -0.2) is 10.7 Å². The highest BCUT2D eigenvalue weighted by molar-refractivity contribution is 6.14. The predicted octanol–water partition coefficient (Wildman–Crippen LogP) is 5.10. The smallest absolute Gasteiger partial charge is 0.269 e. The molecule has 0 aliphatic carbocycles. The van der Waals surface area contributed by atoms with Gasteiger partial charge in [0.25, 0.3) is 5.69 Å². The number of Topliss-reactive ketones (excluding diaryl/α,β-unsaturated/α-hetero) is 1. The lowest BCUT2D eigenvalue weighted by atomic mass is 10.1. The first-order valence-corrected chi connectivity index (χ1v) is 9.01. The van der Waals surface area contributed by atoms with Crippen LogP contribution in [0, 0.1) is 17.0 Å². The van der Waals surface area contributed by atoms with Crippen molar-refractivity contribution in [1.29, 1.82) is 0 Å². The van der Waals surface area contributed by atoms with Gasteiger partial charge in [-0.1, -0.05) is 24.3 Å². The molecule has 29 heavy (non-hydrogen) atoms. The van der Waals surface area contributed by atoms with Crippen LogP contribution >= 0.6 is 0 Å². The Morgan fingerprint density at radius 1 is 1.07 bits per heavy atom. The van der Waals surface area contributed by atoms with Crippen molar-refractivity contribution in [1.82, 2.24) is 0 Å². The minimum Gasteiger partial charge on any atom is -0.489 e. The number of hydrogen-bond donors (Lipinski definition) is 0. The highest BCUT2D eigenvalue weighted by Crippen LogP contribution is 2.35. The van der Waals surface area contributed by atoms with Gasteiger partial charge < -0.3 is 9.47 Å². The normalized spacial score (nSPS) is 13.8. The summed E-state index contributed by atoms with van der Waals surface area (Å²) >= 11 is 0. The molecule has 4 rings (SSSR count). The number of hydrogen-bond acceptors (Lipinski definition) is 5. The molecular formula is C23H17NO5. The highest BCUT2D eigenvalue weighted by Gasteiger charge is 2.27. The van der Waals surface area contributed by atoms with Crippen LogP contribution in [0.2, 0.25) is 0 Å². The summed E-state index contributed by atoms with van der Waals surface area (Å²) in [5, 5.41) is 10.7. The first-order valence-electron chi connectivity index (χ1n) is 9.01. The van der Waals surface area contributed by atoms with E-state index in [4.69, 9.17) is 9.47 Å². The zero-order valence-electron chi connectivity index (χ0n) is 15.6. The summed E-state index contributed by atoms with van der Waals surface area (Å²) in [7, 11) is 0. The molecular weight excluding hydrogens is 370 g/mol. The van der Waals surface area contributed by atoms with Crippen molar-refractivity contribution in [2.24, 2.45) is 0 Å². The van der Waals surface area contributed by atoms with Crippen molar-refractivity contribution in [3.05, 3.63) is 105 Å². The van der Waals surface area contributed by atoms with Gasteiger partial charge in [0, 0.05) is 18.2 Å². The highest BCUT2D eigenvalue weighted by atomic mass is 16.6. The summed E-state index contributed by atoms with van der Waals surface area (Å²) in [4.78, 5) is 22.9. The topological polar surface area (TPSA) is 78.7 Å². The summed E-state index contributed by atoms with van der Waals surface area (Å²) < 4.78 is 11.5. The zero-order valence-corrected chi connectivity index (χ0v) is 15.6. The number of carbonyl (C=O) groups is 1. The van der Waals surface area contributed by atoms with Crippen LogP contribution < -0.4 is 9.47 Å². The SMILES string of the molecule is Cc1ccccc1C=C1Oc2cc(OCc3ccc([N+](=O)[O-])cc3)ccc2C1=O. The van der Waals surface area contributed by atoms with E-state index in [1.54, 1.807) is 36.4 Å². The van der Waals surface area contributed by atoms with Crippen LogP contribution in [0.5, 0.6) is 11.5 Å². The van der Waals surface area contributed by atoms with Gasteiger partial charge in [0.15, 0.2) is 5.76 Å². The van der Waals surface area contributed by atoms with E-state index in [9.17, 15) is 14.9 Å². The second-order valence-corrected chi connectivity index (χ2v) is 6.67. The fourth-order valence-electron chi connectivity index (χ4n) is 3.03. The molecule has 0 radical (unpaired) electrons. The third-order valence-corrected chi connectivity index (χ3v) is 4.67. The molecule has 0 aromatic heterocycles. The molecule has 0 saturated carbocycles. The maximum absolute atomic E-state index is 12.6. The van der Waals surface area contributed by atoms with E-state index in [1.165, 1.54) is 12.1 Å². The standard InChI is InChI=1S/C23H17NO5/c1-15-4-2-3-5-17(15)12-22-23(25)20-11-10-19(13-21(20)29-22)28-14-16-6-8-18(9-7-16)24(26)27/h2-13H,14H2,1H3. The number of ketones is 1. The second kappa shape index (κ2) is 7.59. The van der Waals surface area contributed by atoms with Crippen LogP contribution in [0.15, 0.2) is 72.5 Å². The number of fused-ring (bicyclic) bond motifs is 1. The average Bonchev–Trinajstić information content (AvgIpc) is 3.03. The number of allylic oxidation sites excluding steroid dienone is 1. The monoisotopic (exact) mass is 387 g/mol. The van der Waals surface area contributed by atoms with Gasteiger partial charge >= 0.3 is 0 Å². The number of benzene rings is 3. The molecule has 1 aliphatic rings. The summed E-state index contributed by atoms with van der Waals surface area (Å²) in [6, 6.07) is 19.0. The van der Waals surface area contributed by atoms with E-state index >= 15 is 0 Å². The summed E-state index contributed by atoms with van der Waals surface area (Å²) in [6.07, 6.45) is 1.75. The van der Waals surface area contributed by atoms with E-state index < -0.39 is 4.92 Å². The Hall–Kier alpha value is -3.93.